The Bertz CT molecular complexity index is 399. The van der Waals surface area contributed by atoms with E-state index >= 15 is 0 Å². The Balaban J connectivity index is 0.00000147. The third kappa shape index (κ3) is 4.37. The van der Waals surface area contributed by atoms with E-state index in [0.29, 0.717) is 6.04 Å². The van der Waals surface area contributed by atoms with Gasteiger partial charge >= 0.3 is 0 Å². The summed E-state index contributed by atoms with van der Waals surface area (Å²) in [4.78, 5) is 2.44. The molecule has 3 rings (SSSR count). The second kappa shape index (κ2) is 7.30. The van der Waals surface area contributed by atoms with Gasteiger partial charge in [0.05, 0.1) is 6.61 Å². The Hall–Kier alpha value is -0.770. The van der Waals surface area contributed by atoms with Crippen LogP contribution in [0.15, 0.2) is 24.3 Å². The second-order valence-corrected chi connectivity index (χ2v) is 5.96. The fraction of sp³-hybridized carbons (Fsp3) is 0.625. The molecule has 1 aromatic rings. The predicted molar refractivity (Wildman–Crippen MR) is 84.7 cm³/mol. The maximum atomic E-state index is 5.77. The number of ether oxygens (including phenoxy) is 1. The minimum Gasteiger partial charge on any atom is -0.493 e. The summed E-state index contributed by atoms with van der Waals surface area (Å²) in [6.45, 7) is 4.20. The number of hydrogen-bond donors (Lipinski definition) is 1. The van der Waals surface area contributed by atoms with E-state index in [1.54, 1.807) is 0 Å². The summed E-state index contributed by atoms with van der Waals surface area (Å²) in [6, 6.07) is 9.30. The van der Waals surface area contributed by atoms with E-state index in [1.807, 2.05) is 0 Å². The zero-order valence-corrected chi connectivity index (χ0v) is 13.0. The lowest BCUT2D eigenvalue weighted by Crippen LogP contribution is -2.32. The van der Waals surface area contributed by atoms with Crippen molar-refractivity contribution in [2.24, 2.45) is 5.92 Å². The third-order valence-corrected chi connectivity index (χ3v) is 4.20. The van der Waals surface area contributed by atoms with Crippen LogP contribution in [0.4, 0.5) is 0 Å². The van der Waals surface area contributed by atoms with Gasteiger partial charge in [0.2, 0.25) is 0 Å². The molecule has 1 aliphatic carbocycles. The monoisotopic (exact) mass is 296 g/mol. The molecule has 2 fully saturated rings. The van der Waals surface area contributed by atoms with Gasteiger partial charge in [-0.05, 0) is 56.5 Å². The first-order valence-corrected chi connectivity index (χ1v) is 7.44. The number of rotatable bonds is 6. The number of benzene rings is 1. The smallest absolute Gasteiger partial charge is 0.119 e. The maximum Gasteiger partial charge on any atom is 0.119 e. The van der Waals surface area contributed by atoms with Crippen molar-refractivity contribution in [1.29, 1.82) is 0 Å². The first-order chi connectivity index (χ1) is 9.31. The van der Waals surface area contributed by atoms with Crippen LogP contribution in [0.3, 0.4) is 0 Å². The van der Waals surface area contributed by atoms with Crippen molar-refractivity contribution in [3.8, 4) is 5.75 Å². The largest absolute Gasteiger partial charge is 0.493 e. The Morgan fingerprint density at radius 1 is 1.20 bits per heavy atom. The van der Waals surface area contributed by atoms with Gasteiger partial charge in [-0.3, -0.25) is 4.90 Å². The highest BCUT2D eigenvalue weighted by Crippen LogP contribution is 2.29. The molecule has 0 aromatic heterocycles. The van der Waals surface area contributed by atoms with E-state index in [2.05, 4.69) is 41.5 Å². The van der Waals surface area contributed by atoms with E-state index in [-0.39, 0.29) is 12.4 Å². The van der Waals surface area contributed by atoms with Crippen LogP contribution in [0.25, 0.3) is 0 Å². The first kappa shape index (κ1) is 15.6. The highest BCUT2D eigenvalue weighted by Gasteiger charge is 2.22. The summed E-state index contributed by atoms with van der Waals surface area (Å²) in [6.07, 6.45) is 3.95. The standard InChI is InChI=1S/C16H24N2O.ClH/c1-18(15-8-9-17-10-15)11-13-4-6-16(7-5-13)19-12-14-2-3-14;/h4-7,14-15,17H,2-3,8-12H2,1H3;1H. The SMILES string of the molecule is CN(Cc1ccc(OCC2CC2)cc1)C1CCNC1.Cl. The van der Waals surface area contributed by atoms with Crippen molar-refractivity contribution >= 4 is 12.4 Å². The molecule has 0 amide bonds. The molecule has 0 radical (unpaired) electrons. The minimum atomic E-state index is 0. The molecule has 1 heterocycles. The van der Waals surface area contributed by atoms with Gasteiger partial charge in [-0.25, -0.2) is 0 Å². The summed E-state index contributed by atoms with van der Waals surface area (Å²) >= 11 is 0. The molecule has 112 valence electrons. The molecule has 1 atom stereocenters. The number of nitrogens with one attached hydrogen (secondary N) is 1. The molecule has 1 aliphatic heterocycles. The molecule has 4 heteroatoms. The van der Waals surface area contributed by atoms with Crippen LogP contribution in [0.5, 0.6) is 5.75 Å². The lowest BCUT2D eigenvalue weighted by molar-refractivity contribution is 0.248. The normalized spacial score (nSPS) is 21.8. The van der Waals surface area contributed by atoms with Crippen molar-refractivity contribution in [3.63, 3.8) is 0 Å². The zero-order chi connectivity index (χ0) is 13.1. The summed E-state index contributed by atoms with van der Waals surface area (Å²) in [5, 5.41) is 3.42. The van der Waals surface area contributed by atoms with Crippen molar-refractivity contribution in [3.05, 3.63) is 29.8 Å². The Labute approximate surface area is 128 Å². The lowest BCUT2D eigenvalue weighted by Gasteiger charge is -2.23. The van der Waals surface area contributed by atoms with Crippen LogP contribution >= 0.6 is 12.4 Å². The van der Waals surface area contributed by atoms with Gasteiger partial charge in [-0.15, -0.1) is 12.4 Å². The summed E-state index contributed by atoms with van der Waals surface area (Å²) in [7, 11) is 2.22. The van der Waals surface area contributed by atoms with Gasteiger partial charge in [-0.2, -0.15) is 0 Å². The van der Waals surface area contributed by atoms with Crippen LogP contribution in [0.2, 0.25) is 0 Å². The molecule has 20 heavy (non-hydrogen) atoms. The maximum absolute atomic E-state index is 5.77. The minimum absolute atomic E-state index is 0. The van der Waals surface area contributed by atoms with Gasteiger partial charge in [0.15, 0.2) is 0 Å². The van der Waals surface area contributed by atoms with Crippen molar-refractivity contribution in [2.45, 2.75) is 31.8 Å². The summed E-state index contributed by atoms with van der Waals surface area (Å²) in [5.41, 5.74) is 1.37. The zero-order valence-electron chi connectivity index (χ0n) is 12.2. The van der Waals surface area contributed by atoms with Gasteiger partial charge in [-0.1, -0.05) is 12.1 Å². The molecule has 1 saturated carbocycles. The second-order valence-electron chi connectivity index (χ2n) is 5.96. The third-order valence-electron chi connectivity index (χ3n) is 4.20. The van der Waals surface area contributed by atoms with Crippen LogP contribution in [-0.2, 0) is 6.54 Å². The van der Waals surface area contributed by atoms with Crippen molar-refractivity contribution in [1.82, 2.24) is 10.2 Å². The van der Waals surface area contributed by atoms with Gasteiger partial charge in [0.25, 0.3) is 0 Å². The molecule has 0 bridgehead atoms. The van der Waals surface area contributed by atoms with Gasteiger partial charge in [0, 0.05) is 19.1 Å². The molecule has 0 spiro atoms. The number of nitrogens with zero attached hydrogens (tertiary/aromatic N) is 1. The van der Waals surface area contributed by atoms with E-state index in [9.17, 15) is 0 Å². The van der Waals surface area contributed by atoms with Crippen molar-refractivity contribution < 1.29 is 4.74 Å². The highest BCUT2D eigenvalue weighted by molar-refractivity contribution is 5.85. The number of likely N-dealkylation sites (N-methyl/N-ethyl adjacent to an activating group) is 1. The molecule has 1 N–H and O–H groups in total. The van der Waals surface area contributed by atoms with Gasteiger partial charge in [0.1, 0.15) is 5.75 Å². The average molecular weight is 297 g/mol. The van der Waals surface area contributed by atoms with Crippen molar-refractivity contribution in [2.75, 3.05) is 26.7 Å². The van der Waals surface area contributed by atoms with Crippen LogP contribution in [0, 0.1) is 5.92 Å². The van der Waals surface area contributed by atoms with E-state index in [0.717, 1.165) is 37.9 Å². The molecular weight excluding hydrogens is 272 g/mol. The van der Waals surface area contributed by atoms with Crippen LogP contribution < -0.4 is 10.1 Å². The fourth-order valence-corrected chi connectivity index (χ4v) is 2.62. The summed E-state index contributed by atoms with van der Waals surface area (Å²) in [5.74, 6) is 1.83. The Morgan fingerprint density at radius 2 is 1.95 bits per heavy atom. The van der Waals surface area contributed by atoms with E-state index < -0.39 is 0 Å². The topological polar surface area (TPSA) is 24.5 Å². The molecule has 3 nitrogen and oxygen atoms in total. The molecule has 2 aliphatic rings. The molecule has 1 saturated heterocycles. The van der Waals surface area contributed by atoms with Crippen LogP contribution in [0.1, 0.15) is 24.8 Å². The molecular formula is C16H25ClN2O. The Kier molecular flexibility index (Phi) is 5.70. The van der Waals surface area contributed by atoms with E-state index in [1.165, 1.54) is 24.8 Å². The Morgan fingerprint density at radius 3 is 2.55 bits per heavy atom. The quantitative estimate of drug-likeness (QED) is 0.873. The number of halogens is 1. The molecule has 1 unspecified atom stereocenters. The van der Waals surface area contributed by atoms with Gasteiger partial charge < -0.3 is 10.1 Å². The first-order valence-electron chi connectivity index (χ1n) is 7.44. The summed E-state index contributed by atoms with van der Waals surface area (Å²) < 4.78 is 5.77. The highest BCUT2D eigenvalue weighted by atomic mass is 35.5. The number of hydrogen-bond acceptors (Lipinski definition) is 3. The average Bonchev–Trinajstić information content (AvgIpc) is 3.09. The lowest BCUT2D eigenvalue weighted by atomic mass is 10.1. The van der Waals surface area contributed by atoms with E-state index in [4.69, 9.17) is 4.74 Å². The van der Waals surface area contributed by atoms with Crippen LogP contribution in [-0.4, -0.2) is 37.7 Å². The predicted octanol–water partition coefficient (Wildman–Crippen LogP) is 2.69. The fourth-order valence-electron chi connectivity index (χ4n) is 2.62. The molecule has 1 aromatic carbocycles.